The molecule has 0 aliphatic carbocycles. The van der Waals surface area contributed by atoms with Gasteiger partial charge >= 0.3 is 5.97 Å². The Hall–Kier alpha value is -1.61. The third-order valence-corrected chi connectivity index (χ3v) is 1.95. The normalized spacial score (nSPS) is 9.67. The highest BCUT2D eigenvalue weighted by molar-refractivity contribution is 5.83. The van der Waals surface area contributed by atoms with Crippen LogP contribution in [0.2, 0.25) is 0 Å². The average molecular weight is 206 g/mol. The van der Waals surface area contributed by atoms with Crippen LogP contribution in [0.3, 0.4) is 0 Å². The van der Waals surface area contributed by atoms with Gasteiger partial charge in [0.2, 0.25) is 0 Å². The molecule has 0 aliphatic rings. The van der Waals surface area contributed by atoms with E-state index in [0.29, 0.717) is 18.6 Å². The molecule has 0 amide bonds. The number of carbonyl (C=O) groups is 1. The molecular weight excluding hydrogens is 192 g/mol. The minimum Gasteiger partial charge on any atom is -0.423 e. The molecule has 3 nitrogen and oxygen atoms in total. The van der Waals surface area contributed by atoms with Gasteiger partial charge in [0.15, 0.2) is 0 Å². The van der Waals surface area contributed by atoms with Crippen molar-refractivity contribution in [1.29, 1.82) is 0 Å². The maximum atomic E-state index is 11.0. The van der Waals surface area contributed by atoms with Crippen LogP contribution in [0, 0.1) is 0 Å². The molecule has 1 rings (SSSR count). The van der Waals surface area contributed by atoms with E-state index in [1.165, 1.54) is 0 Å². The van der Waals surface area contributed by atoms with Crippen LogP contribution in [0.5, 0.6) is 5.75 Å². The average Bonchev–Trinajstić information content (AvgIpc) is 2.28. The Bertz CT molecular complexity index is 344. The quantitative estimate of drug-likeness (QED) is 0.453. The highest BCUT2D eigenvalue weighted by Crippen LogP contribution is 2.19. The highest BCUT2D eigenvalue weighted by atomic mass is 16.5. The number of benzene rings is 1. The van der Waals surface area contributed by atoms with Crippen LogP contribution in [-0.2, 0) is 11.2 Å². The largest absolute Gasteiger partial charge is 0.423 e. The van der Waals surface area contributed by atoms with E-state index in [2.05, 4.69) is 6.58 Å². The van der Waals surface area contributed by atoms with E-state index in [0.717, 1.165) is 11.6 Å². The topological polar surface area (TPSA) is 46.5 Å². The number of aliphatic hydroxyl groups is 1. The Kier molecular flexibility index (Phi) is 4.57. The standard InChI is InChI=1S/C12H14O3/c1-2-12(14)15-11-8-4-3-6-10(11)7-5-9-13/h2-4,6,8,13H,1,5,7,9H2. The lowest BCUT2D eigenvalue weighted by Gasteiger charge is -2.07. The summed E-state index contributed by atoms with van der Waals surface area (Å²) >= 11 is 0. The van der Waals surface area contributed by atoms with Crippen LogP contribution in [0.25, 0.3) is 0 Å². The lowest BCUT2D eigenvalue weighted by atomic mass is 10.1. The zero-order chi connectivity index (χ0) is 11.1. The van der Waals surface area contributed by atoms with Crippen molar-refractivity contribution >= 4 is 5.97 Å². The molecule has 0 spiro atoms. The number of carbonyl (C=O) groups excluding carboxylic acids is 1. The molecular formula is C12H14O3. The van der Waals surface area contributed by atoms with Gasteiger partial charge in [0.05, 0.1) is 0 Å². The SMILES string of the molecule is C=CC(=O)Oc1ccccc1CCCO. The number of para-hydroxylation sites is 1. The van der Waals surface area contributed by atoms with Crippen molar-refractivity contribution in [2.45, 2.75) is 12.8 Å². The predicted octanol–water partition coefficient (Wildman–Crippen LogP) is 1.70. The van der Waals surface area contributed by atoms with Gasteiger partial charge in [-0.2, -0.15) is 0 Å². The zero-order valence-corrected chi connectivity index (χ0v) is 8.48. The van der Waals surface area contributed by atoms with Gasteiger partial charge in [-0.05, 0) is 24.5 Å². The number of hydrogen-bond donors (Lipinski definition) is 1. The van der Waals surface area contributed by atoms with Gasteiger partial charge in [0.25, 0.3) is 0 Å². The van der Waals surface area contributed by atoms with Gasteiger partial charge in [-0.15, -0.1) is 0 Å². The molecule has 1 aromatic rings. The summed E-state index contributed by atoms with van der Waals surface area (Å²) in [6.07, 6.45) is 2.47. The molecule has 0 heterocycles. The minimum absolute atomic E-state index is 0.129. The molecule has 0 unspecified atom stereocenters. The molecule has 0 saturated carbocycles. The Balaban J connectivity index is 2.76. The van der Waals surface area contributed by atoms with Crippen molar-refractivity contribution < 1.29 is 14.6 Å². The maximum absolute atomic E-state index is 11.0. The maximum Gasteiger partial charge on any atom is 0.335 e. The molecule has 0 radical (unpaired) electrons. The number of esters is 1. The molecule has 1 aromatic carbocycles. The minimum atomic E-state index is -0.466. The second-order valence-corrected chi connectivity index (χ2v) is 3.06. The fraction of sp³-hybridized carbons (Fsp3) is 0.250. The first-order valence-corrected chi connectivity index (χ1v) is 4.81. The number of hydrogen-bond acceptors (Lipinski definition) is 3. The Labute approximate surface area is 89.0 Å². The van der Waals surface area contributed by atoms with E-state index < -0.39 is 5.97 Å². The van der Waals surface area contributed by atoms with Gasteiger partial charge < -0.3 is 9.84 Å². The summed E-state index contributed by atoms with van der Waals surface area (Å²) in [5.41, 5.74) is 0.918. The first-order valence-electron chi connectivity index (χ1n) is 4.81. The smallest absolute Gasteiger partial charge is 0.335 e. The number of aryl methyl sites for hydroxylation is 1. The van der Waals surface area contributed by atoms with Crippen molar-refractivity contribution in [3.63, 3.8) is 0 Å². The summed E-state index contributed by atoms with van der Waals surface area (Å²) in [6.45, 7) is 3.46. The summed E-state index contributed by atoms with van der Waals surface area (Å²) in [4.78, 5) is 11.0. The van der Waals surface area contributed by atoms with Gasteiger partial charge in [0, 0.05) is 12.7 Å². The van der Waals surface area contributed by atoms with Crippen LogP contribution in [0.15, 0.2) is 36.9 Å². The number of aliphatic hydroxyl groups excluding tert-OH is 1. The summed E-state index contributed by atoms with van der Waals surface area (Å²) in [6, 6.07) is 7.28. The molecule has 0 saturated heterocycles. The molecule has 0 bridgehead atoms. The van der Waals surface area contributed by atoms with Crippen molar-refractivity contribution in [2.75, 3.05) is 6.61 Å². The van der Waals surface area contributed by atoms with Crippen molar-refractivity contribution in [3.8, 4) is 5.75 Å². The van der Waals surface area contributed by atoms with E-state index in [1.807, 2.05) is 12.1 Å². The summed E-state index contributed by atoms with van der Waals surface area (Å²) in [7, 11) is 0. The van der Waals surface area contributed by atoms with Gasteiger partial charge in [-0.3, -0.25) is 0 Å². The molecule has 0 fully saturated rings. The molecule has 3 heteroatoms. The Morgan fingerprint density at radius 3 is 2.87 bits per heavy atom. The lowest BCUT2D eigenvalue weighted by Crippen LogP contribution is -2.05. The van der Waals surface area contributed by atoms with E-state index in [9.17, 15) is 4.79 Å². The monoisotopic (exact) mass is 206 g/mol. The summed E-state index contributed by atoms with van der Waals surface area (Å²) in [5, 5.41) is 8.72. The molecule has 0 atom stereocenters. The van der Waals surface area contributed by atoms with E-state index in [-0.39, 0.29) is 6.61 Å². The zero-order valence-electron chi connectivity index (χ0n) is 8.48. The summed E-state index contributed by atoms with van der Waals surface area (Å²) < 4.78 is 5.05. The predicted molar refractivity (Wildman–Crippen MR) is 57.7 cm³/mol. The first-order chi connectivity index (χ1) is 7.27. The van der Waals surface area contributed by atoms with Crippen LogP contribution in [-0.4, -0.2) is 17.7 Å². The van der Waals surface area contributed by atoms with E-state index in [1.54, 1.807) is 12.1 Å². The first kappa shape index (κ1) is 11.5. The third-order valence-electron chi connectivity index (χ3n) is 1.95. The Morgan fingerprint density at radius 2 is 2.20 bits per heavy atom. The number of rotatable bonds is 5. The second-order valence-electron chi connectivity index (χ2n) is 3.06. The molecule has 0 aliphatic heterocycles. The molecule has 80 valence electrons. The van der Waals surface area contributed by atoms with Gasteiger partial charge in [-0.25, -0.2) is 4.79 Å². The lowest BCUT2D eigenvalue weighted by molar-refractivity contribution is -0.129. The second kappa shape index (κ2) is 5.98. The fourth-order valence-corrected chi connectivity index (χ4v) is 1.23. The summed E-state index contributed by atoms with van der Waals surface area (Å²) in [5.74, 6) is 0.0716. The molecule has 1 N–H and O–H groups in total. The van der Waals surface area contributed by atoms with Gasteiger partial charge in [0.1, 0.15) is 5.75 Å². The van der Waals surface area contributed by atoms with Crippen LogP contribution in [0.4, 0.5) is 0 Å². The Morgan fingerprint density at radius 1 is 1.47 bits per heavy atom. The van der Waals surface area contributed by atoms with E-state index in [4.69, 9.17) is 9.84 Å². The highest BCUT2D eigenvalue weighted by Gasteiger charge is 2.05. The number of ether oxygens (including phenoxy) is 1. The molecule has 0 aromatic heterocycles. The van der Waals surface area contributed by atoms with Crippen LogP contribution in [0.1, 0.15) is 12.0 Å². The van der Waals surface area contributed by atoms with Crippen LogP contribution < -0.4 is 4.74 Å². The van der Waals surface area contributed by atoms with Crippen LogP contribution >= 0.6 is 0 Å². The third kappa shape index (κ3) is 3.56. The van der Waals surface area contributed by atoms with Gasteiger partial charge in [-0.1, -0.05) is 24.8 Å². The van der Waals surface area contributed by atoms with Crippen molar-refractivity contribution in [2.24, 2.45) is 0 Å². The van der Waals surface area contributed by atoms with Crippen molar-refractivity contribution in [3.05, 3.63) is 42.5 Å². The fourth-order valence-electron chi connectivity index (χ4n) is 1.23. The van der Waals surface area contributed by atoms with Crippen molar-refractivity contribution in [1.82, 2.24) is 0 Å². The van der Waals surface area contributed by atoms with E-state index >= 15 is 0 Å². The molecule has 15 heavy (non-hydrogen) atoms.